The molecule has 0 bridgehead atoms. The molecule has 3 rings (SSSR count). The molecule has 0 radical (unpaired) electrons. The molecule has 0 aliphatic rings. The van der Waals surface area contributed by atoms with E-state index in [2.05, 4.69) is 15.0 Å². The Hall–Kier alpha value is -2.56. The first-order chi connectivity index (χ1) is 8.65. The van der Waals surface area contributed by atoms with Crippen LogP contribution >= 0.6 is 0 Å². The molecule has 3 N–H and O–H groups in total. The van der Waals surface area contributed by atoms with Crippen molar-refractivity contribution in [1.29, 1.82) is 0 Å². The molecule has 0 unspecified atom stereocenters. The highest BCUT2D eigenvalue weighted by atomic mass is 16.3. The van der Waals surface area contributed by atoms with Crippen LogP contribution in [0, 0.1) is 6.92 Å². The molecule has 2 aromatic heterocycles. The van der Waals surface area contributed by atoms with E-state index in [9.17, 15) is 10.2 Å². The van der Waals surface area contributed by atoms with E-state index in [0.717, 1.165) is 11.2 Å². The Morgan fingerprint density at radius 1 is 1.00 bits per heavy atom. The first-order valence-corrected chi connectivity index (χ1v) is 5.50. The van der Waals surface area contributed by atoms with Gasteiger partial charge in [0.2, 0.25) is 0 Å². The Bertz CT molecular complexity index is 714. The van der Waals surface area contributed by atoms with Crippen molar-refractivity contribution in [1.82, 2.24) is 15.0 Å². The number of nitrogens with zero attached hydrogens (tertiary/aromatic N) is 2. The molecule has 3 aromatic rings. The number of hydrogen-bond donors (Lipinski definition) is 3. The molecule has 0 aliphatic carbocycles. The fourth-order valence-corrected chi connectivity index (χ4v) is 1.88. The van der Waals surface area contributed by atoms with Gasteiger partial charge in [-0.25, -0.2) is 9.97 Å². The number of phenolic OH excluding ortho intramolecular Hbond substituents is 2. The third kappa shape index (κ3) is 1.57. The fourth-order valence-electron chi connectivity index (χ4n) is 1.88. The van der Waals surface area contributed by atoms with Gasteiger partial charge in [-0.05, 0) is 31.2 Å². The summed E-state index contributed by atoms with van der Waals surface area (Å²) < 4.78 is 0. The molecule has 18 heavy (non-hydrogen) atoms. The monoisotopic (exact) mass is 241 g/mol. The minimum Gasteiger partial charge on any atom is -0.507 e. The summed E-state index contributed by atoms with van der Waals surface area (Å²) in [5.41, 5.74) is 2.47. The first kappa shape index (κ1) is 10.6. The molecule has 0 fully saturated rings. The minimum atomic E-state index is -0.0224. The van der Waals surface area contributed by atoms with Crippen molar-refractivity contribution >= 4 is 11.2 Å². The van der Waals surface area contributed by atoms with E-state index in [4.69, 9.17) is 0 Å². The molecule has 0 aliphatic heterocycles. The zero-order chi connectivity index (χ0) is 12.7. The maximum atomic E-state index is 9.78. The van der Waals surface area contributed by atoms with E-state index in [0.29, 0.717) is 11.5 Å². The normalized spacial score (nSPS) is 10.9. The summed E-state index contributed by atoms with van der Waals surface area (Å²) in [6, 6.07) is 8.31. The number of pyridine rings is 1. The van der Waals surface area contributed by atoms with Crippen molar-refractivity contribution in [2.24, 2.45) is 0 Å². The molecule has 1 aromatic carbocycles. The van der Waals surface area contributed by atoms with E-state index < -0.39 is 0 Å². The van der Waals surface area contributed by atoms with E-state index in [1.807, 2.05) is 19.1 Å². The highest BCUT2D eigenvalue weighted by Gasteiger charge is 2.14. The number of benzene rings is 1. The Morgan fingerprint density at radius 2 is 1.72 bits per heavy atom. The van der Waals surface area contributed by atoms with Crippen LogP contribution in [0.15, 0.2) is 30.3 Å². The summed E-state index contributed by atoms with van der Waals surface area (Å²) in [7, 11) is 0. The lowest BCUT2D eigenvalue weighted by molar-refractivity contribution is 0.453. The zero-order valence-electron chi connectivity index (χ0n) is 9.68. The third-order valence-corrected chi connectivity index (χ3v) is 2.74. The van der Waals surface area contributed by atoms with Crippen LogP contribution in [0.25, 0.3) is 22.6 Å². The quantitative estimate of drug-likeness (QED) is 0.610. The summed E-state index contributed by atoms with van der Waals surface area (Å²) in [6.07, 6.45) is 0. The third-order valence-electron chi connectivity index (χ3n) is 2.74. The minimum absolute atomic E-state index is 0.0224. The topological polar surface area (TPSA) is 82.0 Å². The van der Waals surface area contributed by atoms with Crippen LogP contribution in [0.1, 0.15) is 5.69 Å². The van der Waals surface area contributed by atoms with Crippen molar-refractivity contribution in [3.8, 4) is 22.9 Å². The average Bonchev–Trinajstić information content (AvgIpc) is 2.71. The summed E-state index contributed by atoms with van der Waals surface area (Å²) in [5.74, 6) is 0.357. The summed E-state index contributed by atoms with van der Waals surface area (Å²) in [6.45, 7) is 1.88. The van der Waals surface area contributed by atoms with Gasteiger partial charge in [-0.15, -0.1) is 0 Å². The van der Waals surface area contributed by atoms with Gasteiger partial charge < -0.3 is 15.2 Å². The Balaban J connectivity index is 2.26. The lowest BCUT2D eigenvalue weighted by Gasteiger charge is -2.02. The predicted molar refractivity (Wildman–Crippen MR) is 67.4 cm³/mol. The summed E-state index contributed by atoms with van der Waals surface area (Å²) in [5, 5.41) is 19.6. The standard InChI is InChI=1S/C13H11N3O2/c1-7-5-6-8-12(14-7)16-13(15-8)11-9(17)3-2-4-10(11)18/h2-6,17-18H,1H3,(H,14,15,16). The van der Waals surface area contributed by atoms with Crippen LogP contribution in [0.2, 0.25) is 0 Å². The van der Waals surface area contributed by atoms with Crippen LogP contribution in [-0.2, 0) is 0 Å². The molecule has 0 saturated heterocycles. The van der Waals surface area contributed by atoms with Crippen LogP contribution in [-0.4, -0.2) is 25.2 Å². The average molecular weight is 241 g/mol. The molecule has 0 spiro atoms. The molecule has 0 saturated carbocycles. The lowest BCUT2D eigenvalue weighted by Crippen LogP contribution is -1.83. The summed E-state index contributed by atoms with van der Waals surface area (Å²) in [4.78, 5) is 11.6. The Kier molecular flexibility index (Phi) is 2.19. The van der Waals surface area contributed by atoms with Gasteiger partial charge in [0, 0.05) is 5.69 Å². The van der Waals surface area contributed by atoms with E-state index >= 15 is 0 Å². The number of aromatic hydroxyl groups is 2. The number of aryl methyl sites for hydroxylation is 1. The largest absolute Gasteiger partial charge is 0.507 e. The second kappa shape index (κ2) is 3.73. The zero-order valence-corrected chi connectivity index (χ0v) is 9.68. The molecule has 5 heteroatoms. The van der Waals surface area contributed by atoms with Crippen molar-refractivity contribution in [3.63, 3.8) is 0 Å². The van der Waals surface area contributed by atoms with Crippen molar-refractivity contribution in [2.45, 2.75) is 6.92 Å². The van der Waals surface area contributed by atoms with Gasteiger partial charge >= 0.3 is 0 Å². The number of rotatable bonds is 1. The van der Waals surface area contributed by atoms with Crippen LogP contribution < -0.4 is 0 Å². The van der Waals surface area contributed by atoms with Gasteiger partial charge in [0.25, 0.3) is 0 Å². The number of nitrogens with one attached hydrogen (secondary N) is 1. The smallest absolute Gasteiger partial charge is 0.178 e. The second-order valence-corrected chi connectivity index (χ2v) is 4.08. The van der Waals surface area contributed by atoms with Crippen molar-refractivity contribution < 1.29 is 10.2 Å². The number of aromatic nitrogens is 3. The molecule has 90 valence electrons. The highest BCUT2D eigenvalue weighted by molar-refractivity contribution is 5.80. The Labute approximate surface area is 103 Å². The lowest BCUT2D eigenvalue weighted by atomic mass is 10.1. The first-order valence-electron chi connectivity index (χ1n) is 5.50. The molecular formula is C13H11N3O2. The van der Waals surface area contributed by atoms with Crippen molar-refractivity contribution in [3.05, 3.63) is 36.0 Å². The number of aromatic amines is 1. The van der Waals surface area contributed by atoms with E-state index in [1.165, 1.54) is 12.1 Å². The molecule has 0 atom stereocenters. The second-order valence-electron chi connectivity index (χ2n) is 4.08. The highest BCUT2D eigenvalue weighted by Crippen LogP contribution is 2.35. The van der Waals surface area contributed by atoms with Crippen LogP contribution in [0.5, 0.6) is 11.5 Å². The number of imidazole rings is 1. The van der Waals surface area contributed by atoms with Crippen LogP contribution in [0.3, 0.4) is 0 Å². The molecule has 0 amide bonds. The van der Waals surface area contributed by atoms with Crippen molar-refractivity contribution in [2.75, 3.05) is 0 Å². The van der Waals surface area contributed by atoms with Gasteiger partial charge in [-0.1, -0.05) is 6.07 Å². The number of phenols is 2. The fraction of sp³-hybridized carbons (Fsp3) is 0.0769. The number of hydrogen-bond acceptors (Lipinski definition) is 4. The van der Waals surface area contributed by atoms with Gasteiger partial charge in [-0.3, -0.25) is 0 Å². The van der Waals surface area contributed by atoms with E-state index in [-0.39, 0.29) is 17.1 Å². The number of fused-ring (bicyclic) bond motifs is 1. The van der Waals surface area contributed by atoms with E-state index in [1.54, 1.807) is 6.07 Å². The maximum absolute atomic E-state index is 9.78. The van der Waals surface area contributed by atoms with Gasteiger partial charge in [0.05, 0.1) is 5.52 Å². The molecular weight excluding hydrogens is 230 g/mol. The predicted octanol–water partition coefficient (Wildman–Crippen LogP) is 2.34. The number of H-pyrrole nitrogens is 1. The SMILES string of the molecule is Cc1ccc2[nH]c(-c3c(O)cccc3O)nc2n1. The van der Waals surface area contributed by atoms with Gasteiger partial charge in [-0.2, -0.15) is 0 Å². The van der Waals surface area contributed by atoms with Gasteiger partial charge in [0.15, 0.2) is 5.65 Å². The Morgan fingerprint density at radius 3 is 2.44 bits per heavy atom. The van der Waals surface area contributed by atoms with Gasteiger partial charge in [0.1, 0.15) is 22.9 Å². The van der Waals surface area contributed by atoms with Crippen LogP contribution in [0.4, 0.5) is 0 Å². The molecule has 2 heterocycles. The maximum Gasteiger partial charge on any atom is 0.178 e. The summed E-state index contributed by atoms with van der Waals surface area (Å²) >= 11 is 0. The molecule has 5 nitrogen and oxygen atoms in total.